The molecule has 21 heavy (non-hydrogen) atoms. The molecule has 0 saturated carbocycles. The topological polar surface area (TPSA) is 60.2 Å². The Kier molecular flexibility index (Phi) is 5.55. The van der Waals surface area contributed by atoms with Gasteiger partial charge in [0.15, 0.2) is 0 Å². The van der Waals surface area contributed by atoms with Gasteiger partial charge >= 0.3 is 6.18 Å². The van der Waals surface area contributed by atoms with E-state index in [2.05, 4.69) is 15.1 Å². The van der Waals surface area contributed by atoms with Crippen LogP contribution in [-0.4, -0.2) is 30.4 Å². The standard InChI is InChI=1S/C14H20F3N3O/c15-14(16,17)9-21-8-6-12(20-18)11-5-1-3-10-4-2-7-19-13(10)11/h2,4,7,11-12,20H,1,3,5-6,8-9,18H2. The Bertz CT molecular complexity index is 453. The summed E-state index contributed by atoms with van der Waals surface area (Å²) in [5.41, 5.74) is 4.91. The van der Waals surface area contributed by atoms with Crippen LogP contribution in [0.2, 0.25) is 0 Å². The third-order valence-corrected chi connectivity index (χ3v) is 3.78. The summed E-state index contributed by atoms with van der Waals surface area (Å²) in [6.07, 6.45) is 0.827. The molecule has 1 heterocycles. The molecule has 0 saturated heterocycles. The molecule has 1 aliphatic rings. The summed E-state index contributed by atoms with van der Waals surface area (Å²) in [6.45, 7) is -1.20. The third-order valence-electron chi connectivity index (χ3n) is 3.78. The van der Waals surface area contributed by atoms with Crippen molar-refractivity contribution in [2.24, 2.45) is 5.84 Å². The maximum Gasteiger partial charge on any atom is 0.411 e. The van der Waals surface area contributed by atoms with Crippen molar-refractivity contribution in [3.63, 3.8) is 0 Å². The van der Waals surface area contributed by atoms with Gasteiger partial charge in [-0.05, 0) is 37.3 Å². The molecular weight excluding hydrogens is 283 g/mol. The fourth-order valence-corrected chi connectivity index (χ4v) is 2.84. The number of nitrogens with zero attached hydrogens (tertiary/aromatic N) is 1. The van der Waals surface area contributed by atoms with E-state index in [-0.39, 0.29) is 18.6 Å². The molecule has 4 nitrogen and oxygen atoms in total. The predicted molar refractivity (Wildman–Crippen MR) is 72.5 cm³/mol. The van der Waals surface area contributed by atoms with Crippen LogP contribution in [0, 0.1) is 0 Å². The lowest BCUT2D eigenvalue weighted by Crippen LogP contribution is -2.42. The van der Waals surface area contributed by atoms with E-state index in [0.29, 0.717) is 6.42 Å². The highest BCUT2D eigenvalue weighted by Crippen LogP contribution is 2.33. The second kappa shape index (κ2) is 7.20. The lowest BCUT2D eigenvalue weighted by Gasteiger charge is -2.31. The van der Waals surface area contributed by atoms with Gasteiger partial charge in [-0.1, -0.05) is 6.07 Å². The molecule has 2 unspecified atom stereocenters. The Hall–Kier alpha value is -1.18. The van der Waals surface area contributed by atoms with Crippen molar-refractivity contribution in [1.29, 1.82) is 0 Å². The number of aryl methyl sites for hydroxylation is 1. The Morgan fingerprint density at radius 3 is 3.00 bits per heavy atom. The van der Waals surface area contributed by atoms with E-state index in [1.807, 2.05) is 12.1 Å². The quantitative estimate of drug-likeness (QED) is 0.481. The summed E-state index contributed by atoms with van der Waals surface area (Å²) in [7, 11) is 0. The molecule has 1 aliphatic carbocycles. The lowest BCUT2D eigenvalue weighted by atomic mass is 9.81. The fourth-order valence-electron chi connectivity index (χ4n) is 2.84. The molecule has 0 aliphatic heterocycles. The van der Waals surface area contributed by atoms with E-state index in [1.54, 1.807) is 6.20 Å². The number of rotatable bonds is 6. The molecule has 0 spiro atoms. The number of hydrazine groups is 1. The summed E-state index contributed by atoms with van der Waals surface area (Å²) in [5, 5.41) is 0. The Labute approximate surface area is 121 Å². The number of nitrogens with two attached hydrogens (primary N) is 1. The first-order valence-electron chi connectivity index (χ1n) is 7.05. The van der Waals surface area contributed by atoms with Gasteiger partial charge in [-0.25, -0.2) is 0 Å². The second-order valence-electron chi connectivity index (χ2n) is 5.28. The minimum absolute atomic E-state index is 0.0209. The minimum Gasteiger partial charge on any atom is -0.372 e. The Morgan fingerprint density at radius 1 is 1.48 bits per heavy atom. The van der Waals surface area contributed by atoms with E-state index in [0.717, 1.165) is 25.0 Å². The summed E-state index contributed by atoms with van der Waals surface area (Å²) < 4.78 is 40.8. The molecule has 2 rings (SSSR count). The molecular formula is C14H20F3N3O. The predicted octanol–water partition coefficient (Wildman–Crippen LogP) is 2.30. The number of hydrogen-bond acceptors (Lipinski definition) is 4. The average molecular weight is 303 g/mol. The van der Waals surface area contributed by atoms with E-state index >= 15 is 0 Å². The SMILES string of the molecule is NNC(CCOCC(F)(F)F)C1CCCc2cccnc21. The summed E-state index contributed by atoms with van der Waals surface area (Å²) >= 11 is 0. The van der Waals surface area contributed by atoms with Gasteiger partial charge in [-0.15, -0.1) is 0 Å². The largest absolute Gasteiger partial charge is 0.411 e. The molecule has 1 aromatic rings. The Balaban J connectivity index is 1.93. The number of alkyl halides is 3. The first-order chi connectivity index (χ1) is 10.0. The van der Waals surface area contributed by atoms with Crippen molar-refractivity contribution in [2.75, 3.05) is 13.2 Å². The van der Waals surface area contributed by atoms with E-state index < -0.39 is 12.8 Å². The minimum atomic E-state index is -4.29. The van der Waals surface area contributed by atoms with Gasteiger partial charge in [0, 0.05) is 30.5 Å². The zero-order valence-corrected chi connectivity index (χ0v) is 11.7. The lowest BCUT2D eigenvalue weighted by molar-refractivity contribution is -0.174. The molecule has 2 atom stereocenters. The van der Waals surface area contributed by atoms with E-state index in [9.17, 15) is 13.2 Å². The number of fused-ring (bicyclic) bond motifs is 1. The zero-order chi connectivity index (χ0) is 15.3. The summed E-state index contributed by atoms with van der Waals surface area (Å²) in [6, 6.07) is 3.81. The summed E-state index contributed by atoms with van der Waals surface area (Å²) in [5.74, 6) is 5.69. The number of nitrogens with one attached hydrogen (secondary N) is 1. The molecule has 7 heteroatoms. The molecule has 0 fully saturated rings. The van der Waals surface area contributed by atoms with Gasteiger partial charge < -0.3 is 4.74 Å². The highest BCUT2D eigenvalue weighted by Gasteiger charge is 2.30. The number of ether oxygens (including phenoxy) is 1. The van der Waals surface area contributed by atoms with Gasteiger partial charge in [0.25, 0.3) is 0 Å². The van der Waals surface area contributed by atoms with Gasteiger partial charge in [0.1, 0.15) is 6.61 Å². The molecule has 0 radical (unpaired) electrons. The van der Waals surface area contributed by atoms with Crippen LogP contribution in [0.25, 0.3) is 0 Å². The normalized spacial score (nSPS) is 20.1. The monoisotopic (exact) mass is 303 g/mol. The number of hydrogen-bond donors (Lipinski definition) is 2. The third kappa shape index (κ3) is 4.66. The van der Waals surface area contributed by atoms with Crippen molar-refractivity contribution in [3.05, 3.63) is 29.6 Å². The van der Waals surface area contributed by atoms with Gasteiger partial charge in [-0.2, -0.15) is 13.2 Å². The van der Waals surface area contributed by atoms with Gasteiger partial charge in [-0.3, -0.25) is 16.3 Å². The molecule has 0 amide bonds. The zero-order valence-electron chi connectivity index (χ0n) is 11.7. The second-order valence-corrected chi connectivity index (χ2v) is 5.28. The maximum absolute atomic E-state index is 12.0. The smallest absolute Gasteiger partial charge is 0.372 e. The van der Waals surface area contributed by atoms with Crippen LogP contribution < -0.4 is 11.3 Å². The van der Waals surface area contributed by atoms with Crippen LogP contribution in [-0.2, 0) is 11.2 Å². The highest BCUT2D eigenvalue weighted by atomic mass is 19.4. The van der Waals surface area contributed by atoms with Crippen molar-refractivity contribution in [1.82, 2.24) is 10.4 Å². The van der Waals surface area contributed by atoms with Crippen molar-refractivity contribution >= 4 is 0 Å². The molecule has 118 valence electrons. The molecule has 0 bridgehead atoms. The van der Waals surface area contributed by atoms with Crippen molar-refractivity contribution < 1.29 is 17.9 Å². The maximum atomic E-state index is 12.0. The van der Waals surface area contributed by atoms with Crippen LogP contribution in [0.3, 0.4) is 0 Å². The van der Waals surface area contributed by atoms with Crippen molar-refractivity contribution in [3.8, 4) is 0 Å². The summed E-state index contributed by atoms with van der Waals surface area (Å²) in [4.78, 5) is 4.42. The average Bonchev–Trinajstić information content (AvgIpc) is 2.46. The number of halogens is 3. The first-order valence-corrected chi connectivity index (χ1v) is 7.05. The van der Waals surface area contributed by atoms with Gasteiger partial charge in [0.05, 0.1) is 0 Å². The van der Waals surface area contributed by atoms with Crippen LogP contribution in [0.4, 0.5) is 13.2 Å². The number of aromatic nitrogens is 1. The molecule has 3 N–H and O–H groups in total. The molecule has 0 aromatic carbocycles. The van der Waals surface area contributed by atoms with Crippen LogP contribution >= 0.6 is 0 Å². The fraction of sp³-hybridized carbons (Fsp3) is 0.643. The van der Waals surface area contributed by atoms with Crippen LogP contribution in [0.15, 0.2) is 18.3 Å². The van der Waals surface area contributed by atoms with Crippen LogP contribution in [0.1, 0.15) is 36.4 Å². The Morgan fingerprint density at radius 2 is 2.29 bits per heavy atom. The van der Waals surface area contributed by atoms with E-state index in [4.69, 9.17) is 5.84 Å². The van der Waals surface area contributed by atoms with E-state index in [1.165, 1.54) is 5.56 Å². The van der Waals surface area contributed by atoms with Crippen LogP contribution in [0.5, 0.6) is 0 Å². The van der Waals surface area contributed by atoms with Gasteiger partial charge in [0.2, 0.25) is 0 Å². The number of pyridine rings is 1. The van der Waals surface area contributed by atoms with Crippen molar-refractivity contribution in [2.45, 2.75) is 43.8 Å². The highest BCUT2D eigenvalue weighted by molar-refractivity contribution is 5.27. The molecule has 1 aromatic heterocycles. The first kappa shape index (κ1) is 16.2.